The molecule has 0 saturated heterocycles. The monoisotopic (exact) mass is 341 g/mol. The van der Waals surface area contributed by atoms with E-state index in [4.69, 9.17) is 23.2 Å². The van der Waals surface area contributed by atoms with E-state index < -0.39 is 0 Å². The summed E-state index contributed by atoms with van der Waals surface area (Å²) in [6, 6.07) is 9.18. The molecule has 0 atom stereocenters. The minimum absolute atomic E-state index is 0.622. The number of hydrogen-bond donors (Lipinski definition) is 0. The van der Waals surface area contributed by atoms with Crippen LogP contribution in [0.1, 0.15) is 0 Å². The second-order valence-corrected chi connectivity index (χ2v) is 5.41. The lowest BCUT2D eigenvalue weighted by Crippen LogP contribution is -1.86. The minimum Gasteiger partial charge on any atom is -0.219 e. The Bertz CT molecular complexity index is 739. The number of nitrogens with zero attached hydrogens (tertiary/aromatic N) is 3. The molecule has 0 saturated carbocycles. The predicted octanol–water partition coefficient (Wildman–Crippen LogP) is 4.47. The fourth-order valence-electron chi connectivity index (χ4n) is 1.62. The van der Waals surface area contributed by atoms with Gasteiger partial charge in [-0.3, -0.25) is 0 Å². The number of aromatic nitrogens is 3. The third-order valence-electron chi connectivity index (χ3n) is 2.47. The molecule has 0 fully saturated rings. The maximum Gasteiger partial charge on any atom is 0.182 e. The molecule has 0 unspecified atom stereocenters. The molecule has 90 valence electrons. The standard InChI is InChI=1S/C12H6BrCl2N3/c13-9-5-7(1-3-10(9)15)12-16-11-4-2-8(14)6-18(11)17-12/h1-6H. The Morgan fingerprint density at radius 2 is 1.94 bits per heavy atom. The Kier molecular flexibility index (Phi) is 3.01. The predicted molar refractivity (Wildman–Crippen MR) is 76.1 cm³/mol. The van der Waals surface area contributed by atoms with E-state index in [2.05, 4.69) is 26.0 Å². The molecule has 6 heteroatoms. The molecule has 0 amide bonds. The average Bonchev–Trinajstić information content (AvgIpc) is 2.75. The van der Waals surface area contributed by atoms with Gasteiger partial charge in [0.15, 0.2) is 11.5 Å². The van der Waals surface area contributed by atoms with Crippen LogP contribution >= 0.6 is 39.1 Å². The Morgan fingerprint density at radius 1 is 1.11 bits per heavy atom. The fourth-order valence-corrected chi connectivity index (χ4v) is 2.27. The highest BCUT2D eigenvalue weighted by molar-refractivity contribution is 9.10. The van der Waals surface area contributed by atoms with Gasteiger partial charge in [0.25, 0.3) is 0 Å². The Hall–Kier alpha value is -1.10. The highest BCUT2D eigenvalue weighted by Crippen LogP contribution is 2.27. The van der Waals surface area contributed by atoms with Crippen molar-refractivity contribution in [1.82, 2.24) is 14.6 Å². The summed E-state index contributed by atoms with van der Waals surface area (Å²) in [5.74, 6) is 0.634. The van der Waals surface area contributed by atoms with Crippen molar-refractivity contribution >= 4 is 44.8 Å². The van der Waals surface area contributed by atoms with Gasteiger partial charge in [-0.05, 0) is 46.3 Å². The molecule has 2 heterocycles. The molecule has 1 aromatic carbocycles. The van der Waals surface area contributed by atoms with Gasteiger partial charge in [0.1, 0.15) is 0 Å². The average molecular weight is 343 g/mol. The van der Waals surface area contributed by atoms with Crippen LogP contribution in [0.5, 0.6) is 0 Å². The number of benzene rings is 1. The van der Waals surface area contributed by atoms with Crippen molar-refractivity contribution in [3.8, 4) is 11.4 Å². The topological polar surface area (TPSA) is 30.2 Å². The summed E-state index contributed by atoms with van der Waals surface area (Å²) >= 11 is 15.2. The molecular formula is C12H6BrCl2N3. The van der Waals surface area contributed by atoms with E-state index in [1.165, 1.54) is 0 Å². The van der Waals surface area contributed by atoms with Gasteiger partial charge in [0, 0.05) is 16.2 Å². The zero-order valence-corrected chi connectivity index (χ0v) is 12.0. The summed E-state index contributed by atoms with van der Waals surface area (Å²) in [5.41, 5.74) is 1.64. The Balaban J connectivity index is 2.16. The van der Waals surface area contributed by atoms with Crippen LogP contribution in [0.2, 0.25) is 10.0 Å². The van der Waals surface area contributed by atoms with E-state index in [9.17, 15) is 0 Å². The number of hydrogen-bond acceptors (Lipinski definition) is 2. The molecule has 0 N–H and O–H groups in total. The molecule has 0 radical (unpaired) electrons. The molecule has 0 aliphatic carbocycles. The third kappa shape index (κ3) is 2.11. The Morgan fingerprint density at radius 3 is 2.72 bits per heavy atom. The van der Waals surface area contributed by atoms with Crippen molar-refractivity contribution in [1.29, 1.82) is 0 Å². The minimum atomic E-state index is 0.622. The smallest absolute Gasteiger partial charge is 0.182 e. The van der Waals surface area contributed by atoms with Gasteiger partial charge in [0.2, 0.25) is 0 Å². The molecular weight excluding hydrogens is 337 g/mol. The van der Waals surface area contributed by atoms with E-state index in [0.29, 0.717) is 15.9 Å². The van der Waals surface area contributed by atoms with Crippen molar-refractivity contribution in [3.05, 3.63) is 51.0 Å². The number of fused-ring (bicyclic) bond motifs is 1. The van der Waals surface area contributed by atoms with Crippen LogP contribution < -0.4 is 0 Å². The second-order valence-electron chi connectivity index (χ2n) is 3.71. The summed E-state index contributed by atoms with van der Waals surface area (Å²) in [7, 11) is 0. The van der Waals surface area contributed by atoms with Gasteiger partial charge in [0.05, 0.1) is 10.0 Å². The maximum atomic E-state index is 5.96. The molecule has 0 spiro atoms. The lowest BCUT2D eigenvalue weighted by Gasteiger charge is -1.98. The number of halogens is 3. The summed E-state index contributed by atoms with van der Waals surface area (Å²) < 4.78 is 2.47. The molecule has 3 rings (SSSR count). The summed E-state index contributed by atoms with van der Waals surface area (Å²) in [6.45, 7) is 0. The van der Waals surface area contributed by atoms with Gasteiger partial charge >= 0.3 is 0 Å². The van der Waals surface area contributed by atoms with Crippen LogP contribution in [0, 0.1) is 0 Å². The first-order chi connectivity index (χ1) is 8.63. The van der Waals surface area contributed by atoms with Gasteiger partial charge in [-0.15, -0.1) is 5.10 Å². The van der Waals surface area contributed by atoms with Crippen LogP contribution in [-0.4, -0.2) is 14.6 Å². The molecule has 0 aliphatic heterocycles. The van der Waals surface area contributed by atoms with E-state index in [0.717, 1.165) is 15.7 Å². The van der Waals surface area contributed by atoms with E-state index in [1.807, 2.05) is 18.2 Å². The Labute approximate surface area is 121 Å². The van der Waals surface area contributed by atoms with Crippen LogP contribution in [0.25, 0.3) is 17.0 Å². The lowest BCUT2D eigenvalue weighted by atomic mass is 10.2. The first-order valence-corrected chi connectivity index (χ1v) is 6.66. The third-order valence-corrected chi connectivity index (χ3v) is 3.91. The zero-order valence-electron chi connectivity index (χ0n) is 8.94. The summed E-state index contributed by atoms with van der Waals surface area (Å²) in [5, 5.41) is 5.65. The number of pyridine rings is 1. The van der Waals surface area contributed by atoms with Crippen LogP contribution in [0.15, 0.2) is 41.0 Å². The largest absolute Gasteiger partial charge is 0.219 e. The highest BCUT2D eigenvalue weighted by atomic mass is 79.9. The fraction of sp³-hybridized carbons (Fsp3) is 0. The van der Waals surface area contributed by atoms with Crippen molar-refractivity contribution in [3.63, 3.8) is 0 Å². The quantitative estimate of drug-likeness (QED) is 0.653. The first kappa shape index (κ1) is 12.0. The summed E-state index contributed by atoms with van der Waals surface area (Å²) in [6.07, 6.45) is 1.72. The molecule has 0 bridgehead atoms. The van der Waals surface area contributed by atoms with Gasteiger partial charge < -0.3 is 0 Å². The molecule has 18 heavy (non-hydrogen) atoms. The molecule has 0 aliphatic rings. The van der Waals surface area contributed by atoms with E-state index in [1.54, 1.807) is 22.8 Å². The van der Waals surface area contributed by atoms with Crippen LogP contribution in [0.3, 0.4) is 0 Å². The molecule has 3 nitrogen and oxygen atoms in total. The van der Waals surface area contributed by atoms with Gasteiger partial charge in [-0.2, -0.15) is 0 Å². The number of rotatable bonds is 1. The first-order valence-electron chi connectivity index (χ1n) is 5.11. The highest BCUT2D eigenvalue weighted by Gasteiger charge is 2.08. The molecule has 3 aromatic rings. The maximum absolute atomic E-state index is 5.96. The van der Waals surface area contributed by atoms with Crippen LogP contribution in [-0.2, 0) is 0 Å². The summed E-state index contributed by atoms with van der Waals surface area (Å²) in [4.78, 5) is 4.42. The normalized spacial score (nSPS) is 11.1. The van der Waals surface area contributed by atoms with Crippen molar-refractivity contribution < 1.29 is 0 Å². The van der Waals surface area contributed by atoms with Crippen molar-refractivity contribution in [2.24, 2.45) is 0 Å². The SMILES string of the molecule is Clc1ccc2nc(-c3ccc(Cl)c(Br)c3)nn2c1. The second kappa shape index (κ2) is 4.53. The van der Waals surface area contributed by atoms with Crippen molar-refractivity contribution in [2.75, 3.05) is 0 Å². The van der Waals surface area contributed by atoms with Crippen LogP contribution in [0.4, 0.5) is 0 Å². The van der Waals surface area contributed by atoms with E-state index >= 15 is 0 Å². The van der Waals surface area contributed by atoms with Gasteiger partial charge in [-0.25, -0.2) is 9.50 Å². The lowest BCUT2D eigenvalue weighted by molar-refractivity contribution is 0.966. The van der Waals surface area contributed by atoms with Gasteiger partial charge in [-0.1, -0.05) is 23.2 Å². The van der Waals surface area contributed by atoms with E-state index in [-0.39, 0.29) is 0 Å². The van der Waals surface area contributed by atoms with Crippen molar-refractivity contribution in [2.45, 2.75) is 0 Å². The zero-order chi connectivity index (χ0) is 12.7. The molecule has 2 aromatic heterocycles.